The second-order valence-corrected chi connectivity index (χ2v) is 21.9. The van der Waals surface area contributed by atoms with Crippen molar-refractivity contribution in [2.45, 2.75) is 58.3 Å². The molecule has 9 aromatic carbocycles. The van der Waals surface area contributed by atoms with Crippen LogP contribution in [0.3, 0.4) is 0 Å². The zero-order valence-electron chi connectivity index (χ0n) is 37.4. The van der Waals surface area contributed by atoms with Crippen LogP contribution in [-0.2, 0) is 23.5 Å². The van der Waals surface area contributed by atoms with Crippen LogP contribution in [0, 0.1) is 0 Å². The van der Waals surface area contributed by atoms with Gasteiger partial charge >= 0.3 is 17.1 Å². The van der Waals surface area contributed by atoms with Crippen molar-refractivity contribution in [3.63, 3.8) is 0 Å². The summed E-state index contributed by atoms with van der Waals surface area (Å²) in [6.07, 6.45) is 0.893. The van der Waals surface area contributed by atoms with Crippen molar-refractivity contribution in [3.8, 4) is 66.8 Å². The minimum atomic E-state index is -0.101. The molecule has 0 unspecified atom stereocenters. The van der Waals surface area contributed by atoms with Crippen molar-refractivity contribution in [1.29, 1.82) is 0 Å². The second kappa shape index (κ2) is 20.1. The van der Waals surface area contributed by atoms with E-state index in [1.54, 1.807) is 5.30 Å². The van der Waals surface area contributed by atoms with E-state index in [1.807, 2.05) is 30.3 Å². The average molecular weight is 877 g/mol. The molecule has 1 aliphatic carbocycles. The van der Waals surface area contributed by atoms with E-state index >= 15 is 0 Å². The molecule has 0 bridgehead atoms. The molecule has 63 heavy (non-hydrogen) atoms. The van der Waals surface area contributed by atoms with Gasteiger partial charge in [-0.3, -0.25) is 0 Å². The topological polar surface area (TPSA) is 0 Å². The quantitative estimate of drug-likeness (QED) is 0.0887. The van der Waals surface area contributed by atoms with Gasteiger partial charge in [-0.15, -0.1) is 5.30 Å². The summed E-state index contributed by atoms with van der Waals surface area (Å²) in [4.78, 5) is 0. The van der Waals surface area contributed by atoms with Crippen LogP contribution in [0.1, 0.15) is 52.7 Å². The third kappa shape index (κ3) is 10.0. The van der Waals surface area contributed by atoms with Crippen LogP contribution in [0.4, 0.5) is 0 Å². The van der Waals surface area contributed by atoms with Crippen LogP contribution in [0.5, 0.6) is 0 Å². The largest absolute Gasteiger partial charge is 2.00 e. The van der Waals surface area contributed by atoms with E-state index in [0.29, 0.717) is 10.3 Å². The Kier molecular flexibility index (Phi) is 14.5. The molecule has 9 aromatic rings. The molecule has 0 radical (unpaired) electrons. The van der Waals surface area contributed by atoms with E-state index in [-0.39, 0.29) is 25.0 Å². The Morgan fingerprint density at radius 2 is 0.778 bits per heavy atom. The summed E-state index contributed by atoms with van der Waals surface area (Å²) < 4.78 is 0. The Balaban J connectivity index is 0.000000248. The minimum absolute atomic E-state index is 0. The molecule has 0 N–H and O–H groups in total. The van der Waals surface area contributed by atoms with Gasteiger partial charge in [0.25, 0.3) is 0 Å². The molecular formula is C61H57FeP. The van der Waals surface area contributed by atoms with Gasteiger partial charge in [0.2, 0.25) is 0 Å². The minimum Gasteiger partial charge on any atom is -0.214 e. The molecule has 314 valence electrons. The predicted molar refractivity (Wildman–Crippen MR) is 272 cm³/mol. The molecule has 0 aromatic heterocycles. The summed E-state index contributed by atoms with van der Waals surface area (Å²) in [5.41, 5.74) is 18.2. The molecule has 0 atom stereocenters. The molecular weight excluding hydrogens is 819 g/mol. The van der Waals surface area contributed by atoms with Gasteiger partial charge in [-0.05, 0) is 94.6 Å². The van der Waals surface area contributed by atoms with Gasteiger partial charge in [-0.1, -0.05) is 219 Å². The van der Waals surface area contributed by atoms with Crippen molar-refractivity contribution in [2.75, 3.05) is 0 Å². The Labute approximate surface area is 388 Å². The molecule has 0 spiro atoms. The zero-order chi connectivity index (χ0) is 43.1. The average Bonchev–Trinajstić information content (AvgIpc) is 4.11. The SMILES string of the molecule is CC(C)(C)P(c1ccc[cH-]1)C(C)(C)C.[Fe+2].c1cc[cH-]c1.c1ccc(-c2cccc3c2-c2c(c(-c4ccccc4)c(-c4ccccc4)c(-c4ccccc4)c2-c2ccccc2)C3)cc1. The van der Waals surface area contributed by atoms with Crippen LogP contribution in [-0.4, -0.2) is 10.3 Å². The first-order chi connectivity index (χ1) is 30.1. The van der Waals surface area contributed by atoms with E-state index in [1.165, 1.54) is 77.9 Å². The van der Waals surface area contributed by atoms with Crippen LogP contribution in [0.25, 0.3) is 66.8 Å². The van der Waals surface area contributed by atoms with Gasteiger partial charge in [0, 0.05) is 0 Å². The summed E-state index contributed by atoms with van der Waals surface area (Å²) in [5.74, 6) is 0. The molecule has 0 amide bonds. The molecule has 0 saturated carbocycles. The summed E-state index contributed by atoms with van der Waals surface area (Å²) >= 11 is 0. The fourth-order valence-electron chi connectivity index (χ4n) is 9.56. The number of hydrogen-bond acceptors (Lipinski definition) is 0. The van der Waals surface area contributed by atoms with Gasteiger partial charge in [0.05, 0.1) is 0 Å². The summed E-state index contributed by atoms with van der Waals surface area (Å²) in [6.45, 7) is 14.1. The van der Waals surface area contributed by atoms with Crippen molar-refractivity contribution >= 4 is 13.2 Å². The number of benzene rings is 7. The fraction of sp³-hybridized carbons (Fsp3) is 0.148. The van der Waals surface area contributed by atoms with Gasteiger partial charge in [0.15, 0.2) is 0 Å². The van der Waals surface area contributed by atoms with Gasteiger partial charge in [0.1, 0.15) is 0 Å². The predicted octanol–water partition coefficient (Wildman–Crippen LogP) is 17.1. The van der Waals surface area contributed by atoms with Crippen LogP contribution in [0.2, 0.25) is 0 Å². The van der Waals surface area contributed by atoms with Gasteiger partial charge in [-0.2, -0.15) is 30.3 Å². The smallest absolute Gasteiger partial charge is 0.214 e. The van der Waals surface area contributed by atoms with Crippen LogP contribution in [0.15, 0.2) is 224 Å². The summed E-state index contributed by atoms with van der Waals surface area (Å²) in [7, 11) is -0.101. The first-order valence-electron chi connectivity index (χ1n) is 21.9. The van der Waals surface area contributed by atoms with Crippen molar-refractivity contribution in [2.24, 2.45) is 0 Å². The van der Waals surface area contributed by atoms with Crippen molar-refractivity contribution in [3.05, 3.63) is 236 Å². The number of hydrogen-bond donors (Lipinski definition) is 0. The first kappa shape index (κ1) is 45.2. The fourth-order valence-corrected chi connectivity index (χ4v) is 13.6. The second-order valence-electron chi connectivity index (χ2n) is 18.0. The molecule has 0 fully saturated rings. The molecule has 0 saturated heterocycles. The number of rotatable bonds is 6. The Morgan fingerprint density at radius 3 is 1.17 bits per heavy atom. The van der Waals surface area contributed by atoms with E-state index in [4.69, 9.17) is 0 Å². The third-order valence-corrected chi connectivity index (χ3v) is 15.0. The maximum atomic E-state index is 2.36. The van der Waals surface area contributed by atoms with Crippen LogP contribution < -0.4 is 5.30 Å². The van der Waals surface area contributed by atoms with Crippen LogP contribution >= 0.6 is 7.92 Å². The molecule has 1 aliphatic rings. The monoisotopic (exact) mass is 876 g/mol. The molecule has 0 heterocycles. The van der Waals surface area contributed by atoms with E-state index in [2.05, 4.69) is 236 Å². The van der Waals surface area contributed by atoms with Crippen molar-refractivity contribution in [1.82, 2.24) is 0 Å². The normalized spacial score (nSPS) is 11.6. The Bertz CT molecular complexity index is 2740. The Hall–Kier alpha value is -5.81. The number of fused-ring (bicyclic) bond motifs is 3. The summed E-state index contributed by atoms with van der Waals surface area (Å²) in [6, 6.07) is 80.6. The molecule has 0 nitrogen and oxygen atoms in total. The molecule has 2 heteroatoms. The van der Waals surface area contributed by atoms with E-state index < -0.39 is 0 Å². The maximum absolute atomic E-state index is 2.36. The van der Waals surface area contributed by atoms with E-state index in [9.17, 15) is 0 Å². The zero-order valence-corrected chi connectivity index (χ0v) is 39.4. The standard InChI is InChI=1S/C43H30.C13H22P.C5H5.Fe/c1-6-17-30(18-7-1)36-28-16-27-35-29-37-38(31-19-8-2-9-20-31)40(32-21-10-3-11-22-32)41(33-23-12-4-13-24-33)42(43(37)39(35)36)34-25-14-5-15-26-34;1-12(2,3)14(13(4,5)6)11-9-7-8-10-11;1-2-4-5-3-1;/h1-28H,29H2;7-10H,1-6H3;1-5H;/q;2*-1;+2. The van der Waals surface area contributed by atoms with Gasteiger partial charge in [-0.25, -0.2) is 24.3 Å². The summed E-state index contributed by atoms with van der Waals surface area (Å²) in [5, 5.41) is 2.32. The molecule has 0 aliphatic heterocycles. The van der Waals surface area contributed by atoms with Gasteiger partial charge < -0.3 is 0 Å². The maximum Gasteiger partial charge on any atom is 2.00 e. The first-order valence-corrected chi connectivity index (χ1v) is 23.3. The van der Waals surface area contributed by atoms with E-state index in [0.717, 1.165) is 6.42 Å². The third-order valence-electron chi connectivity index (χ3n) is 11.5. The van der Waals surface area contributed by atoms with Crippen molar-refractivity contribution < 1.29 is 17.1 Å². The molecule has 10 rings (SSSR count). The Morgan fingerprint density at radius 1 is 0.365 bits per heavy atom.